The van der Waals surface area contributed by atoms with E-state index in [2.05, 4.69) is 51.9 Å². The predicted molar refractivity (Wildman–Crippen MR) is 172 cm³/mol. The molecule has 3 aromatic carbocycles. The maximum atomic E-state index is 13.9. The molecule has 230 valence electrons. The minimum atomic E-state index is -0.173. The number of ether oxygens (including phenoxy) is 1. The topological polar surface area (TPSA) is 100 Å². The minimum absolute atomic E-state index is 0.151. The van der Waals surface area contributed by atoms with E-state index in [-0.39, 0.29) is 11.8 Å². The van der Waals surface area contributed by atoms with Gasteiger partial charge in [0.05, 0.1) is 24.6 Å². The molecule has 5 aromatic rings. The van der Waals surface area contributed by atoms with Crippen molar-refractivity contribution in [2.75, 3.05) is 26.8 Å². The minimum Gasteiger partial charge on any atom is -0.618 e. The van der Waals surface area contributed by atoms with E-state index in [1.165, 1.54) is 11.9 Å². The van der Waals surface area contributed by atoms with E-state index in [0.29, 0.717) is 41.6 Å². The standard InChI is InChI=1S/C35H35ClN6O3/c1-45-19-16-35(43)40-17-14-26(15-18-40)27-8-5-9-28(21-27)31(20-25-6-3-2-4-7-25)34-12-10-29(23-42(34)44)32-22-30(36)11-13-33(32)41-24-37-38-39-41/h2-13,21-24,26,31H,14-20H2,1H3. The first kappa shape index (κ1) is 30.4. The van der Waals surface area contributed by atoms with Gasteiger partial charge in [0, 0.05) is 42.4 Å². The van der Waals surface area contributed by atoms with E-state index in [0.717, 1.165) is 53.0 Å². The Morgan fingerprint density at radius 3 is 2.60 bits per heavy atom. The molecule has 1 aliphatic heterocycles. The summed E-state index contributed by atoms with van der Waals surface area (Å²) in [5, 5.41) is 25.9. The van der Waals surface area contributed by atoms with Crippen LogP contribution < -0.4 is 4.73 Å². The van der Waals surface area contributed by atoms with Gasteiger partial charge >= 0.3 is 0 Å². The average molecular weight is 623 g/mol. The van der Waals surface area contributed by atoms with E-state index in [4.69, 9.17) is 16.3 Å². The van der Waals surface area contributed by atoms with Crippen LogP contribution in [0.2, 0.25) is 5.02 Å². The van der Waals surface area contributed by atoms with Crippen LogP contribution in [-0.4, -0.2) is 57.8 Å². The average Bonchev–Trinajstić information content (AvgIpc) is 3.62. The number of amides is 1. The Morgan fingerprint density at radius 1 is 1.04 bits per heavy atom. The molecule has 1 aliphatic rings. The number of methoxy groups -OCH3 is 1. The molecule has 0 aliphatic carbocycles. The smallest absolute Gasteiger partial charge is 0.224 e. The summed E-state index contributed by atoms with van der Waals surface area (Å²) in [7, 11) is 1.62. The van der Waals surface area contributed by atoms with E-state index >= 15 is 0 Å². The molecule has 45 heavy (non-hydrogen) atoms. The first-order valence-corrected chi connectivity index (χ1v) is 15.5. The highest BCUT2D eigenvalue weighted by Gasteiger charge is 2.27. The zero-order valence-corrected chi connectivity index (χ0v) is 25.9. The molecule has 1 amide bonds. The van der Waals surface area contributed by atoms with Crippen molar-refractivity contribution in [1.82, 2.24) is 25.1 Å². The molecular weight excluding hydrogens is 588 g/mol. The molecule has 1 saturated heterocycles. The van der Waals surface area contributed by atoms with Gasteiger partial charge in [-0.2, -0.15) is 9.41 Å². The fourth-order valence-electron chi connectivity index (χ4n) is 6.21. The van der Waals surface area contributed by atoms with Gasteiger partial charge in [0.15, 0.2) is 6.20 Å². The Bertz CT molecular complexity index is 1740. The molecule has 10 heteroatoms. The Kier molecular flexibility index (Phi) is 9.47. The first-order valence-electron chi connectivity index (χ1n) is 15.2. The number of piperidine rings is 1. The van der Waals surface area contributed by atoms with Crippen LogP contribution in [0.25, 0.3) is 16.8 Å². The number of hydrogen-bond donors (Lipinski definition) is 0. The summed E-state index contributed by atoms with van der Waals surface area (Å²) in [4.78, 5) is 14.5. The Labute approximate surface area is 267 Å². The second-order valence-corrected chi connectivity index (χ2v) is 11.8. The molecule has 0 spiro atoms. The Balaban J connectivity index is 1.31. The summed E-state index contributed by atoms with van der Waals surface area (Å²) in [5.41, 5.74) is 6.32. The lowest BCUT2D eigenvalue weighted by molar-refractivity contribution is -0.614. The molecule has 1 fully saturated rings. The second kappa shape index (κ2) is 14.0. The SMILES string of the molecule is COCCC(=O)N1CCC(c2cccc(C(Cc3ccccc3)c3ccc(-c4cc(Cl)ccc4-n4cnnn4)c[n+]3[O-])c2)CC1. The summed E-state index contributed by atoms with van der Waals surface area (Å²) in [5.74, 6) is 0.328. The molecular formula is C35H35ClN6O3. The summed E-state index contributed by atoms with van der Waals surface area (Å²) >= 11 is 6.37. The zero-order valence-electron chi connectivity index (χ0n) is 25.1. The number of pyridine rings is 1. The van der Waals surface area contributed by atoms with Crippen LogP contribution in [0.15, 0.2) is 97.5 Å². The number of tetrazole rings is 1. The number of carbonyl (C=O) groups excluding carboxylic acids is 1. The van der Waals surface area contributed by atoms with Gasteiger partial charge in [0.25, 0.3) is 0 Å². The van der Waals surface area contributed by atoms with E-state index in [1.807, 2.05) is 47.4 Å². The van der Waals surface area contributed by atoms with Gasteiger partial charge in [-0.25, -0.2) is 0 Å². The molecule has 0 N–H and O–H groups in total. The van der Waals surface area contributed by atoms with Crippen LogP contribution in [-0.2, 0) is 16.0 Å². The van der Waals surface area contributed by atoms with Crippen LogP contribution in [0.3, 0.4) is 0 Å². The van der Waals surface area contributed by atoms with Crippen LogP contribution in [0.4, 0.5) is 0 Å². The van der Waals surface area contributed by atoms with Crippen molar-refractivity contribution in [2.24, 2.45) is 0 Å². The fourth-order valence-corrected chi connectivity index (χ4v) is 6.39. The van der Waals surface area contributed by atoms with Crippen molar-refractivity contribution >= 4 is 17.5 Å². The van der Waals surface area contributed by atoms with Crippen molar-refractivity contribution in [3.63, 3.8) is 0 Å². The number of likely N-dealkylation sites (tertiary alicyclic amines) is 1. The lowest BCUT2D eigenvalue weighted by Crippen LogP contribution is -2.38. The molecule has 0 saturated carbocycles. The highest BCUT2D eigenvalue weighted by Crippen LogP contribution is 2.34. The molecule has 9 nitrogen and oxygen atoms in total. The van der Waals surface area contributed by atoms with Gasteiger partial charge < -0.3 is 14.8 Å². The lowest BCUT2D eigenvalue weighted by Gasteiger charge is -2.32. The summed E-state index contributed by atoms with van der Waals surface area (Å²) < 4.78 is 7.62. The van der Waals surface area contributed by atoms with Gasteiger partial charge in [-0.05, 0) is 76.6 Å². The normalized spacial score (nSPS) is 14.4. The monoisotopic (exact) mass is 622 g/mol. The number of benzene rings is 3. The molecule has 6 rings (SSSR count). The van der Waals surface area contributed by atoms with Gasteiger partial charge in [-0.15, -0.1) is 5.10 Å². The lowest BCUT2D eigenvalue weighted by atomic mass is 9.84. The van der Waals surface area contributed by atoms with E-state index in [1.54, 1.807) is 24.1 Å². The predicted octanol–water partition coefficient (Wildman–Crippen LogP) is 5.73. The highest BCUT2D eigenvalue weighted by atomic mass is 35.5. The second-order valence-electron chi connectivity index (χ2n) is 11.4. The first-order chi connectivity index (χ1) is 22.0. The number of carbonyl (C=O) groups is 1. The van der Waals surface area contributed by atoms with Gasteiger partial charge in [-0.1, -0.05) is 66.2 Å². The Hall–Kier alpha value is -4.60. The summed E-state index contributed by atoms with van der Waals surface area (Å²) in [6.07, 6.45) is 6.02. The van der Waals surface area contributed by atoms with Crippen molar-refractivity contribution in [3.8, 4) is 16.8 Å². The van der Waals surface area contributed by atoms with Crippen LogP contribution >= 0.6 is 11.6 Å². The van der Waals surface area contributed by atoms with Gasteiger partial charge in [0.1, 0.15) is 6.33 Å². The fraction of sp³-hybridized carbons (Fsp3) is 0.286. The highest BCUT2D eigenvalue weighted by molar-refractivity contribution is 6.31. The molecule has 1 unspecified atom stereocenters. The third-order valence-corrected chi connectivity index (χ3v) is 8.84. The largest absolute Gasteiger partial charge is 0.618 e. The quantitative estimate of drug-likeness (QED) is 0.146. The summed E-state index contributed by atoms with van der Waals surface area (Å²) in [6.45, 7) is 1.93. The van der Waals surface area contributed by atoms with E-state index in [9.17, 15) is 10.0 Å². The van der Waals surface area contributed by atoms with Crippen LogP contribution in [0.1, 0.15) is 53.5 Å². The van der Waals surface area contributed by atoms with Crippen molar-refractivity contribution in [1.29, 1.82) is 0 Å². The molecule has 0 radical (unpaired) electrons. The van der Waals surface area contributed by atoms with E-state index < -0.39 is 0 Å². The maximum absolute atomic E-state index is 13.9. The zero-order chi connectivity index (χ0) is 31.2. The maximum Gasteiger partial charge on any atom is 0.224 e. The van der Waals surface area contributed by atoms with Crippen molar-refractivity contribution in [3.05, 3.63) is 130 Å². The van der Waals surface area contributed by atoms with Crippen LogP contribution in [0.5, 0.6) is 0 Å². The third kappa shape index (κ3) is 7.05. The van der Waals surface area contributed by atoms with Crippen LogP contribution in [0, 0.1) is 5.21 Å². The van der Waals surface area contributed by atoms with Crippen molar-refractivity contribution in [2.45, 2.75) is 37.5 Å². The third-order valence-electron chi connectivity index (χ3n) is 8.60. The molecule has 3 heterocycles. The molecule has 2 aromatic heterocycles. The van der Waals surface area contributed by atoms with Gasteiger partial charge in [-0.3, -0.25) is 4.79 Å². The van der Waals surface area contributed by atoms with Crippen molar-refractivity contribution < 1.29 is 14.3 Å². The number of nitrogens with zero attached hydrogens (tertiary/aromatic N) is 6. The molecule has 0 bridgehead atoms. The van der Waals surface area contributed by atoms with Gasteiger partial charge in [0.2, 0.25) is 11.6 Å². The number of aromatic nitrogens is 5. The number of halogens is 1. The molecule has 1 atom stereocenters. The number of rotatable bonds is 10. The summed E-state index contributed by atoms with van der Waals surface area (Å²) in [6, 6.07) is 28.2. The Morgan fingerprint density at radius 2 is 1.87 bits per heavy atom. The number of hydrogen-bond acceptors (Lipinski definition) is 6.